The second-order valence-electron chi connectivity index (χ2n) is 6.67. The Kier molecular flexibility index (Phi) is 6.58. The first-order valence-electron chi connectivity index (χ1n) is 9.14. The minimum Gasteiger partial charge on any atom is -0.496 e. The smallest absolute Gasteiger partial charge is 0.269 e. The minimum atomic E-state index is -0.175. The van der Waals surface area contributed by atoms with Crippen LogP contribution in [0.1, 0.15) is 48.0 Å². The maximum Gasteiger partial charge on any atom is 0.269 e. The highest BCUT2D eigenvalue weighted by Crippen LogP contribution is 2.31. The summed E-state index contributed by atoms with van der Waals surface area (Å²) in [7, 11) is 1.60. The fraction of sp³-hybridized carbons (Fsp3) is 0.381. The van der Waals surface area contributed by atoms with Crippen molar-refractivity contribution in [2.24, 2.45) is 0 Å². The lowest BCUT2D eigenvalue weighted by molar-refractivity contribution is 0.0944. The molecule has 26 heavy (non-hydrogen) atoms. The quantitative estimate of drug-likeness (QED) is 0.562. The fourth-order valence-corrected chi connectivity index (χ4v) is 4.31. The highest BCUT2D eigenvalue weighted by Gasteiger charge is 2.18. The van der Waals surface area contributed by atoms with E-state index in [0.29, 0.717) is 16.6 Å². The number of hydrogen-bond donors (Lipinski definition) is 2. The zero-order chi connectivity index (χ0) is 18.4. The van der Waals surface area contributed by atoms with Gasteiger partial charge in [-0.1, -0.05) is 61.5 Å². The minimum absolute atomic E-state index is 0.175. The van der Waals surface area contributed by atoms with E-state index in [1.807, 2.05) is 43.3 Å². The van der Waals surface area contributed by atoms with Crippen molar-refractivity contribution in [2.75, 3.05) is 7.11 Å². The molecule has 2 aromatic rings. The fourth-order valence-electron chi connectivity index (χ4n) is 3.42. The third-order valence-electron chi connectivity index (χ3n) is 4.77. The van der Waals surface area contributed by atoms with Crippen LogP contribution in [0, 0.1) is 6.92 Å². The Balaban J connectivity index is 1.74. The Morgan fingerprint density at radius 1 is 1.08 bits per heavy atom. The third-order valence-corrected chi connectivity index (χ3v) is 5.80. The van der Waals surface area contributed by atoms with E-state index in [1.54, 1.807) is 19.1 Å². The van der Waals surface area contributed by atoms with Gasteiger partial charge in [0.05, 0.1) is 12.7 Å². The second kappa shape index (κ2) is 9.10. The molecule has 0 heterocycles. The van der Waals surface area contributed by atoms with Gasteiger partial charge < -0.3 is 4.74 Å². The van der Waals surface area contributed by atoms with E-state index in [9.17, 15) is 4.79 Å². The van der Waals surface area contributed by atoms with Crippen molar-refractivity contribution in [1.29, 1.82) is 0 Å². The number of rotatable bonds is 6. The van der Waals surface area contributed by atoms with E-state index in [4.69, 9.17) is 4.74 Å². The van der Waals surface area contributed by atoms with E-state index in [2.05, 4.69) is 16.3 Å². The Morgan fingerprint density at radius 2 is 1.81 bits per heavy atom. The van der Waals surface area contributed by atoms with Gasteiger partial charge in [-0.3, -0.25) is 10.2 Å². The van der Waals surface area contributed by atoms with Crippen molar-refractivity contribution in [1.82, 2.24) is 10.3 Å². The number of hydrazine groups is 1. The zero-order valence-electron chi connectivity index (χ0n) is 15.4. The van der Waals surface area contributed by atoms with E-state index in [0.717, 1.165) is 16.7 Å². The summed E-state index contributed by atoms with van der Waals surface area (Å²) in [4.78, 5) is 15.8. The summed E-state index contributed by atoms with van der Waals surface area (Å²) >= 11 is 1.62. The first kappa shape index (κ1) is 18.8. The summed E-state index contributed by atoms with van der Waals surface area (Å²) in [6.45, 7) is 1.96. The van der Waals surface area contributed by atoms with Crippen LogP contribution in [0.3, 0.4) is 0 Å². The van der Waals surface area contributed by atoms with Crippen molar-refractivity contribution in [3.05, 3.63) is 53.6 Å². The predicted octanol–water partition coefficient (Wildman–Crippen LogP) is 4.89. The van der Waals surface area contributed by atoms with E-state index < -0.39 is 0 Å². The molecule has 0 saturated heterocycles. The standard InChI is InChI=1S/C21H26N2O2S/c1-15-13-17(16-9-5-3-6-10-16)14-19(20(15)25-2)21(24)22-23-26-18-11-7-4-8-12-18/h3,5-6,9-10,13-14,18,23H,4,7-8,11-12H2,1-2H3,(H,22,24). The molecule has 0 aliphatic heterocycles. The van der Waals surface area contributed by atoms with Gasteiger partial charge in [0.15, 0.2) is 0 Å². The summed E-state index contributed by atoms with van der Waals surface area (Å²) in [6, 6.07) is 14.0. The number of ether oxygens (including phenoxy) is 1. The van der Waals surface area contributed by atoms with Gasteiger partial charge in [0.2, 0.25) is 0 Å². The van der Waals surface area contributed by atoms with Gasteiger partial charge in [-0.25, -0.2) is 0 Å². The molecule has 138 valence electrons. The van der Waals surface area contributed by atoms with Crippen LogP contribution in [0.5, 0.6) is 5.75 Å². The Labute approximate surface area is 159 Å². The Morgan fingerprint density at radius 3 is 2.50 bits per heavy atom. The lowest BCUT2D eigenvalue weighted by Crippen LogP contribution is -2.34. The largest absolute Gasteiger partial charge is 0.496 e. The lowest BCUT2D eigenvalue weighted by Gasteiger charge is -2.21. The molecule has 1 amide bonds. The normalized spacial score (nSPS) is 14.8. The summed E-state index contributed by atoms with van der Waals surface area (Å²) in [5.41, 5.74) is 6.40. The number of carbonyl (C=O) groups excluding carboxylic acids is 1. The topological polar surface area (TPSA) is 50.4 Å². The van der Waals surface area contributed by atoms with Crippen LogP contribution in [-0.2, 0) is 0 Å². The predicted molar refractivity (Wildman–Crippen MR) is 108 cm³/mol. The summed E-state index contributed by atoms with van der Waals surface area (Å²) in [6.07, 6.45) is 6.30. The van der Waals surface area contributed by atoms with Crippen LogP contribution < -0.4 is 15.0 Å². The molecular weight excluding hydrogens is 344 g/mol. The SMILES string of the molecule is COc1c(C)cc(-c2ccccc2)cc1C(=O)NNSC1CCCCC1. The first-order valence-corrected chi connectivity index (χ1v) is 10.0. The molecular formula is C21H26N2O2S. The molecule has 5 heteroatoms. The molecule has 0 bridgehead atoms. The van der Waals surface area contributed by atoms with Crippen molar-refractivity contribution in [3.63, 3.8) is 0 Å². The molecule has 2 N–H and O–H groups in total. The van der Waals surface area contributed by atoms with E-state index in [1.165, 1.54) is 32.1 Å². The summed E-state index contributed by atoms with van der Waals surface area (Å²) in [5.74, 6) is 0.442. The number of benzene rings is 2. The van der Waals surface area contributed by atoms with Crippen molar-refractivity contribution in [2.45, 2.75) is 44.3 Å². The Hall–Kier alpha value is -1.98. The molecule has 1 fully saturated rings. The van der Waals surface area contributed by atoms with Crippen LogP contribution >= 0.6 is 11.9 Å². The van der Waals surface area contributed by atoms with Crippen molar-refractivity contribution >= 4 is 17.9 Å². The van der Waals surface area contributed by atoms with Crippen LogP contribution in [0.15, 0.2) is 42.5 Å². The number of nitrogens with one attached hydrogen (secondary N) is 2. The molecule has 0 aromatic heterocycles. The van der Waals surface area contributed by atoms with Crippen LogP contribution in [0.2, 0.25) is 0 Å². The highest BCUT2D eigenvalue weighted by atomic mass is 32.2. The van der Waals surface area contributed by atoms with Crippen molar-refractivity contribution in [3.8, 4) is 16.9 Å². The average Bonchev–Trinajstić information content (AvgIpc) is 2.68. The maximum absolute atomic E-state index is 12.7. The van der Waals surface area contributed by atoms with Crippen LogP contribution in [0.25, 0.3) is 11.1 Å². The molecule has 1 saturated carbocycles. The number of methoxy groups -OCH3 is 1. The Bertz CT molecular complexity index is 743. The lowest BCUT2D eigenvalue weighted by atomic mass is 9.99. The summed E-state index contributed by atoms with van der Waals surface area (Å²) < 4.78 is 5.49. The number of hydrogen-bond acceptors (Lipinski definition) is 4. The van der Waals surface area contributed by atoms with Gasteiger partial charge in [-0.15, -0.1) is 0 Å². The molecule has 1 aliphatic carbocycles. The first-order chi connectivity index (χ1) is 12.7. The molecule has 0 radical (unpaired) electrons. The summed E-state index contributed by atoms with van der Waals surface area (Å²) in [5, 5.41) is 0.573. The zero-order valence-corrected chi connectivity index (χ0v) is 16.2. The van der Waals surface area contributed by atoms with Gasteiger partial charge in [0.1, 0.15) is 5.75 Å². The molecule has 0 unspecified atom stereocenters. The molecule has 4 nitrogen and oxygen atoms in total. The van der Waals surface area contributed by atoms with Crippen molar-refractivity contribution < 1.29 is 9.53 Å². The van der Waals surface area contributed by atoms with Crippen LogP contribution in [-0.4, -0.2) is 18.3 Å². The van der Waals surface area contributed by atoms with Crippen LogP contribution in [0.4, 0.5) is 0 Å². The number of carbonyl (C=O) groups is 1. The third kappa shape index (κ3) is 4.59. The maximum atomic E-state index is 12.7. The molecule has 0 atom stereocenters. The van der Waals surface area contributed by atoms with E-state index >= 15 is 0 Å². The molecule has 0 spiro atoms. The van der Waals surface area contributed by atoms with Gasteiger partial charge in [0.25, 0.3) is 5.91 Å². The second-order valence-corrected chi connectivity index (χ2v) is 7.78. The monoisotopic (exact) mass is 370 g/mol. The van der Waals surface area contributed by atoms with Gasteiger partial charge in [-0.05, 0) is 48.6 Å². The van der Waals surface area contributed by atoms with Gasteiger partial charge >= 0.3 is 0 Å². The van der Waals surface area contributed by atoms with Gasteiger partial charge in [-0.2, -0.15) is 4.83 Å². The molecule has 1 aliphatic rings. The highest BCUT2D eigenvalue weighted by molar-refractivity contribution is 7.98. The average molecular weight is 371 g/mol. The number of aryl methyl sites for hydroxylation is 1. The van der Waals surface area contributed by atoms with E-state index in [-0.39, 0.29) is 5.91 Å². The van der Waals surface area contributed by atoms with Gasteiger partial charge in [0, 0.05) is 5.25 Å². The number of amides is 1. The molecule has 3 rings (SSSR count). The molecule has 2 aromatic carbocycles.